The van der Waals surface area contributed by atoms with E-state index in [4.69, 9.17) is 11.6 Å². The van der Waals surface area contributed by atoms with Gasteiger partial charge in [0, 0.05) is 15.0 Å². The third kappa shape index (κ3) is 3.25. The third-order valence-corrected chi connectivity index (χ3v) is 4.14. The van der Waals surface area contributed by atoms with Crippen molar-refractivity contribution in [3.8, 4) is 0 Å². The molecule has 18 heavy (non-hydrogen) atoms. The largest absolute Gasteiger partial charge is 0.388 e. The normalized spacial score (nSPS) is 12.4. The molecule has 2 rings (SSSR count). The van der Waals surface area contributed by atoms with Gasteiger partial charge in [0.25, 0.3) is 0 Å². The summed E-state index contributed by atoms with van der Waals surface area (Å²) in [5, 5.41) is 11.0. The molecule has 3 heteroatoms. The Morgan fingerprint density at radius 1 is 1.17 bits per heavy atom. The molecule has 0 heterocycles. The lowest BCUT2D eigenvalue weighted by Gasteiger charge is -2.14. The molecule has 0 saturated heterocycles. The highest BCUT2D eigenvalue weighted by molar-refractivity contribution is 14.1. The Labute approximate surface area is 126 Å². The molecule has 2 aromatic carbocycles. The van der Waals surface area contributed by atoms with Gasteiger partial charge in [-0.1, -0.05) is 35.9 Å². The lowest BCUT2D eigenvalue weighted by Crippen LogP contribution is -2.04. The maximum Gasteiger partial charge on any atom is 0.0833 e. The van der Waals surface area contributed by atoms with Gasteiger partial charge in [-0.3, -0.25) is 0 Å². The molecule has 2 aromatic rings. The van der Waals surface area contributed by atoms with Crippen molar-refractivity contribution < 1.29 is 5.11 Å². The average molecular weight is 373 g/mol. The van der Waals surface area contributed by atoms with Crippen LogP contribution in [0.25, 0.3) is 0 Å². The zero-order valence-corrected chi connectivity index (χ0v) is 12.9. The molecule has 1 unspecified atom stereocenters. The molecule has 1 atom stereocenters. The smallest absolute Gasteiger partial charge is 0.0833 e. The van der Waals surface area contributed by atoms with Crippen LogP contribution in [0.4, 0.5) is 0 Å². The molecule has 0 bridgehead atoms. The van der Waals surface area contributed by atoms with Crippen molar-refractivity contribution in [1.82, 2.24) is 0 Å². The van der Waals surface area contributed by atoms with Gasteiger partial charge in [0.15, 0.2) is 0 Å². The molecule has 0 aliphatic carbocycles. The summed E-state index contributed by atoms with van der Waals surface area (Å²) in [6, 6.07) is 13.8. The number of hydrogen-bond acceptors (Lipinski definition) is 1. The summed E-state index contributed by atoms with van der Waals surface area (Å²) < 4.78 is 1.20. The number of benzene rings is 2. The molecule has 0 spiro atoms. The molecule has 1 N–H and O–H groups in total. The van der Waals surface area contributed by atoms with Crippen LogP contribution in [0.1, 0.15) is 22.8 Å². The van der Waals surface area contributed by atoms with Gasteiger partial charge < -0.3 is 5.11 Å². The Morgan fingerprint density at radius 3 is 2.50 bits per heavy atom. The van der Waals surface area contributed by atoms with Crippen LogP contribution in [0.3, 0.4) is 0 Å². The molecule has 0 saturated carbocycles. The SMILES string of the molecule is Cc1c(Cl)cccc1C(O)Cc1ccc(I)cc1. The minimum Gasteiger partial charge on any atom is -0.388 e. The van der Waals surface area contributed by atoms with Crippen molar-refractivity contribution in [3.63, 3.8) is 0 Å². The van der Waals surface area contributed by atoms with E-state index in [-0.39, 0.29) is 0 Å². The van der Waals surface area contributed by atoms with Gasteiger partial charge in [-0.2, -0.15) is 0 Å². The first-order valence-corrected chi connectivity index (χ1v) is 7.21. The van der Waals surface area contributed by atoms with Gasteiger partial charge in [0.2, 0.25) is 0 Å². The number of aliphatic hydroxyl groups excluding tert-OH is 1. The van der Waals surface area contributed by atoms with E-state index in [0.29, 0.717) is 11.4 Å². The molecular formula is C15H14ClIO. The van der Waals surface area contributed by atoms with E-state index in [1.165, 1.54) is 3.57 Å². The molecule has 0 aliphatic heterocycles. The summed E-state index contributed by atoms with van der Waals surface area (Å²) in [4.78, 5) is 0. The van der Waals surface area contributed by atoms with Crippen LogP contribution in [0, 0.1) is 10.5 Å². The number of rotatable bonds is 3. The van der Waals surface area contributed by atoms with Crippen molar-refractivity contribution in [1.29, 1.82) is 0 Å². The van der Waals surface area contributed by atoms with E-state index < -0.39 is 6.10 Å². The van der Waals surface area contributed by atoms with Gasteiger partial charge in [0.05, 0.1) is 6.10 Å². The number of halogens is 2. The second-order valence-corrected chi connectivity index (χ2v) is 5.95. The van der Waals surface area contributed by atoms with E-state index >= 15 is 0 Å². The summed E-state index contributed by atoms with van der Waals surface area (Å²) in [6.45, 7) is 1.94. The molecule has 0 amide bonds. The van der Waals surface area contributed by atoms with E-state index in [1.54, 1.807) is 0 Å². The second-order valence-electron chi connectivity index (χ2n) is 4.30. The van der Waals surface area contributed by atoms with Gasteiger partial charge >= 0.3 is 0 Å². The Balaban J connectivity index is 2.19. The van der Waals surface area contributed by atoms with Gasteiger partial charge in [-0.05, 0) is 64.4 Å². The molecule has 1 nitrogen and oxygen atoms in total. The maximum absolute atomic E-state index is 10.3. The summed E-state index contributed by atoms with van der Waals surface area (Å²) >= 11 is 8.34. The maximum atomic E-state index is 10.3. The van der Waals surface area contributed by atoms with Crippen LogP contribution in [-0.4, -0.2) is 5.11 Å². The van der Waals surface area contributed by atoms with Crippen LogP contribution in [0.15, 0.2) is 42.5 Å². The lowest BCUT2D eigenvalue weighted by atomic mass is 9.98. The fourth-order valence-electron chi connectivity index (χ4n) is 1.94. The highest BCUT2D eigenvalue weighted by Crippen LogP contribution is 2.26. The topological polar surface area (TPSA) is 20.2 Å². The zero-order chi connectivity index (χ0) is 13.1. The standard InChI is InChI=1S/C15H14ClIO/c1-10-13(3-2-4-14(10)16)15(18)9-11-5-7-12(17)8-6-11/h2-8,15,18H,9H2,1H3. The van der Waals surface area contributed by atoms with Crippen molar-refractivity contribution in [2.75, 3.05) is 0 Å². The average Bonchev–Trinajstić information content (AvgIpc) is 2.35. The Bertz CT molecular complexity index is 537. The molecule has 94 valence electrons. The van der Waals surface area contributed by atoms with Crippen LogP contribution in [0.2, 0.25) is 5.02 Å². The number of hydrogen-bond donors (Lipinski definition) is 1. The predicted octanol–water partition coefficient (Wildman–Crippen LogP) is 4.53. The van der Waals surface area contributed by atoms with Crippen LogP contribution in [0.5, 0.6) is 0 Å². The summed E-state index contributed by atoms with van der Waals surface area (Å²) in [5.74, 6) is 0. The number of aliphatic hydroxyl groups is 1. The first-order chi connectivity index (χ1) is 8.58. The minimum atomic E-state index is -0.510. The summed E-state index contributed by atoms with van der Waals surface area (Å²) in [5.41, 5.74) is 2.99. The van der Waals surface area contributed by atoms with Gasteiger partial charge in [0.1, 0.15) is 0 Å². The molecule has 0 radical (unpaired) electrons. The van der Waals surface area contributed by atoms with E-state index in [1.807, 2.05) is 49.4 Å². The molecule has 0 fully saturated rings. The molecule has 0 aliphatic rings. The fourth-order valence-corrected chi connectivity index (χ4v) is 2.48. The minimum absolute atomic E-state index is 0.510. The summed E-state index contributed by atoms with van der Waals surface area (Å²) in [6.07, 6.45) is 0.0988. The molecular weight excluding hydrogens is 359 g/mol. The van der Waals surface area contributed by atoms with E-state index in [9.17, 15) is 5.11 Å². The zero-order valence-electron chi connectivity index (χ0n) is 10.0. The fraction of sp³-hybridized carbons (Fsp3) is 0.200. The first-order valence-electron chi connectivity index (χ1n) is 5.75. The van der Waals surface area contributed by atoms with Crippen LogP contribution >= 0.6 is 34.2 Å². The second kappa shape index (κ2) is 6.04. The summed E-state index contributed by atoms with van der Waals surface area (Å²) in [7, 11) is 0. The van der Waals surface area contributed by atoms with Crippen LogP contribution < -0.4 is 0 Å². The quantitative estimate of drug-likeness (QED) is 0.785. The highest BCUT2D eigenvalue weighted by atomic mass is 127. The van der Waals surface area contributed by atoms with Crippen molar-refractivity contribution in [2.24, 2.45) is 0 Å². The monoisotopic (exact) mass is 372 g/mol. The Kier molecular flexibility index (Phi) is 4.65. The third-order valence-electron chi connectivity index (χ3n) is 3.01. The van der Waals surface area contributed by atoms with Crippen molar-refractivity contribution in [3.05, 3.63) is 67.7 Å². The highest BCUT2D eigenvalue weighted by Gasteiger charge is 2.12. The lowest BCUT2D eigenvalue weighted by molar-refractivity contribution is 0.177. The predicted molar refractivity (Wildman–Crippen MR) is 84.0 cm³/mol. The van der Waals surface area contributed by atoms with E-state index in [2.05, 4.69) is 22.6 Å². The van der Waals surface area contributed by atoms with Crippen molar-refractivity contribution in [2.45, 2.75) is 19.4 Å². The van der Waals surface area contributed by atoms with Crippen LogP contribution in [-0.2, 0) is 6.42 Å². The Hall–Kier alpha value is -0.580. The first kappa shape index (κ1) is 13.8. The van der Waals surface area contributed by atoms with Gasteiger partial charge in [-0.15, -0.1) is 0 Å². The van der Waals surface area contributed by atoms with Gasteiger partial charge in [-0.25, -0.2) is 0 Å². The molecule has 0 aromatic heterocycles. The van der Waals surface area contributed by atoms with Crippen molar-refractivity contribution >= 4 is 34.2 Å². The van der Waals surface area contributed by atoms with E-state index in [0.717, 1.165) is 16.7 Å². The Morgan fingerprint density at radius 2 is 1.83 bits per heavy atom.